The predicted molar refractivity (Wildman–Crippen MR) is 76.3 cm³/mol. The minimum Gasteiger partial charge on any atom is -0.278 e. The molecular weight excluding hydrogens is 250 g/mol. The molecule has 0 N–H and O–H groups in total. The van der Waals surface area contributed by atoms with Crippen LogP contribution < -0.4 is 0 Å². The molecule has 2 amide bonds. The molecule has 3 nitrogen and oxygen atoms in total. The molecule has 0 unspecified atom stereocenters. The van der Waals surface area contributed by atoms with Crippen LogP contribution in [0.5, 0.6) is 0 Å². The Kier molecular flexibility index (Phi) is 3.33. The van der Waals surface area contributed by atoms with Gasteiger partial charge in [0, 0.05) is 24.4 Å². The summed E-state index contributed by atoms with van der Waals surface area (Å²) in [6, 6.07) is 18.8. The fourth-order valence-electron chi connectivity index (χ4n) is 2.59. The first kappa shape index (κ1) is 12.6. The molecule has 1 heterocycles. The van der Waals surface area contributed by atoms with Crippen molar-refractivity contribution in [3.63, 3.8) is 0 Å². The fraction of sp³-hybridized carbons (Fsp3) is 0.176. The number of carbonyl (C=O) groups excluding carboxylic acids is 2. The largest absolute Gasteiger partial charge is 0.278 e. The van der Waals surface area contributed by atoms with Crippen LogP contribution in [0.4, 0.5) is 0 Å². The molecule has 0 radical (unpaired) electrons. The van der Waals surface area contributed by atoms with Crippen LogP contribution in [0.25, 0.3) is 0 Å². The van der Waals surface area contributed by atoms with Gasteiger partial charge in [-0.2, -0.15) is 0 Å². The van der Waals surface area contributed by atoms with Crippen molar-refractivity contribution < 1.29 is 9.59 Å². The number of benzene rings is 2. The number of hydrogen-bond donors (Lipinski definition) is 0. The lowest BCUT2D eigenvalue weighted by Gasteiger charge is -2.15. The zero-order valence-electron chi connectivity index (χ0n) is 11.0. The Morgan fingerprint density at radius 3 is 2.20 bits per heavy atom. The van der Waals surface area contributed by atoms with E-state index in [1.165, 1.54) is 4.90 Å². The molecule has 0 saturated carbocycles. The maximum absolute atomic E-state index is 12.3. The summed E-state index contributed by atoms with van der Waals surface area (Å²) in [6.45, 7) is 0.469. The van der Waals surface area contributed by atoms with E-state index in [0.717, 1.165) is 5.56 Å². The Balaban J connectivity index is 1.80. The van der Waals surface area contributed by atoms with Gasteiger partial charge in [0.05, 0.1) is 0 Å². The molecule has 20 heavy (non-hydrogen) atoms. The van der Waals surface area contributed by atoms with Gasteiger partial charge in [-0.25, -0.2) is 0 Å². The summed E-state index contributed by atoms with van der Waals surface area (Å²) in [6.07, 6.45) is 0.405. The standard InChI is InChI=1S/C17H15NO2/c19-16-11-15(13-7-3-1-4-8-13)12-18(16)17(20)14-9-5-2-6-10-14/h1-10,15H,11-12H2/t15-/m1/s1. The van der Waals surface area contributed by atoms with Crippen LogP contribution in [-0.2, 0) is 4.79 Å². The number of rotatable bonds is 2. The van der Waals surface area contributed by atoms with Crippen LogP contribution in [0.15, 0.2) is 60.7 Å². The van der Waals surface area contributed by atoms with Gasteiger partial charge in [0.25, 0.3) is 5.91 Å². The third kappa shape index (κ3) is 2.35. The van der Waals surface area contributed by atoms with Crippen molar-refractivity contribution >= 4 is 11.8 Å². The van der Waals surface area contributed by atoms with Crippen molar-refractivity contribution in [2.24, 2.45) is 0 Å². The molecule has 3 rings (SSSR count). The predicted octanol–water partition coefficient (Wildman–Crippen LogP) is 2.84. The first-order valence-corrected chi connectivity index (χ1v) is 6.70. The van der Waals surface area contributed by atoms with Gasteiger partial charge in [-0.3, -0.25) is 14.5 Å². The van der Waals surface area contributed by atoms with E-state index < -0.39 is 0 Å². The van der Waals surface area contributed by atoms with Crippen LogP contribution in [0.2, 0.25) is 0 Å². The van der Waals surface area contributed by atoms with E-state index in [-0.39, 0.29) is 17.7 Å². The monoisotopic (exact) mass is 265 g/mol. The quantitative estimate of drug-likeness (QED) is 0.783. The zero-order valence-corrected chi connectivity index (χ0v) is 11.0. The van der Waals surface area contributed by atoms with Crippen LogP contribution in [0.1, 0.15) is 28.3 Å². The average Bonchev–Trinajstić information content (AvgIpc) is 2.90. The van der Waals surface area contributed by atoms with Crippen molar-refractivity contribution in [2.45, 2.75) is 12.3 Å². The highest BCUT2D eigenvalue weighted by Crippen LogP contribution is 2.28. The van der Waals surface area contributed by atoms with Gasteiger partial charge in [-0.15, -0.1) is 0 Å². The molecule has 100 valence electrons. The van der Waals surface area contributed by atoms with Gasteiger partial charge in [-0.1, -0.05) is 48.5 Å². The maximum Gasteiger partial charge on any atom is 0.260 e. The highest BCUT2D eigenvalue weighted by atomic mass is 16.2. The lowest BCUT2D eigenvalue weighted by Crippen LogP contribution is -2.32. The average molecular weight is 265 g/mol. The minimum atomic E-state index is -0.200. The zero-order chi connectivity index (χ0) is 13.9. The second-order valence-electron chi connectivity index (χ2n) is 4.99. The molecular formula is C17H15NO2. The Hall–Kier alpha value is -2.42. The van der Waals surface area contributed by atoms with Crippen molar-refractivity contribution in [1.82, 2.24) is 4.90 Å². The summed E-state index contributed by atoms with van der Waals surface area (Å²) in [5, 5.41) is 0. The van der Waals surface area contributed by atoms with Gasteiger partial charge in [0.1, 0.15) is 0 Å². The molecule has 0 spiro atoms. The molecule has 1 atom stereocenters. The van der Waals surface area contributed by atoms with Gasteiger partial charge < -0.3 is 0 Å². The Labute approximate surface area is 117 Å². The van der Waals surface area contributed by atoms with Crippen molar-refractivity contribution in [1.29, 1.82) is 0 Å². The molecule has 2 aromatic rings. The smallest absolute Gasteiger partial charge is 0.260 e. The number of hydrogen-bond acceptors (Lipinski definition) is 2. The normalized spacial score (nSPS) is 18.3. The Morgan fingerprint density at radius 1 is 0.950 bits per heavy atom. The van der Waals surface area contributed by atoms with Gasteiger partial charge >= 0.3 is 0 Å². The summed E-state index contributed by atoms with van der Waals surface area (Å²) in [7, 11) is 0. The molecule has 0 bridgehead atoms. The van der Waals surface area contributed by atoms with Gasteiger partial charge in [0.15, 0.2) is 0 Å². The van der Waals surface area contributed by atoms with Crippen molar-refractivity contribution in [3.8, 4) is 0 Å². The molecule has 2 aromatic carbocycles. The van der Waals surface area contributed by atoms with E-state index in [0.29, 0.717) is 18.5 Å². The molecule has 0 aromatic heterocycles. The second kappa shape index (κ2) is 5.29. The first-order valence-electron chi connectivity index (χ1n) is 6.70. The second-order valence-corrected chi connectivity index (χ2v) is 4.99. The molecule has 0 aliphatic carbocycles. The van der Waals surface area contributed by atoms with Gasteiger partial charge in [0.2, 0.25) is 5.91 Å². The van der Waals surface area contributed by atoms with Crippen LogP contribution >= 0.6 is 0 Å². The third-order valence-electron chi connectivity index (χ3n) is 3.66. The lowest BCUT2D eigenvalue weighted by atomic mass is 9.98. The first-order chi connectivity index (χ1) is 9.75. The number of amides is 2. The van der Waals surface area contributed by atoms with E-state index in [1.807, 2.05) is 48.5 Å². The summed E-state index contributed by atoms with van der Waals surface area (Å²) in [5.74, 6) is -0.182. The Morgan fingerprint density at radius 2 is 1.55 bits per heavy atom. The van der Waals surface area contributed by atoms with Crippen molar-refractivity contribution in [2.75, 3.05) is 6.54 Å². The minimum absolute atomic E-state index is 0.0901. The lowest BCUT2D eigenvalue weighted by molar-refractivity contribution is -0.125. The van der Waals surface area contributed by atoms with Gasteiger partial charge in [-0.05, 0) is 17.7 Å². The summed E-state index contributed by atoms with van der Waals surface area (Å²) in [5.41, 5.74) is 1.68. The van der Waals surface area contributed by atoms with Crippen LogP contribution in [0.3, 0.4) is 0 Å². The highest BCUT2D eigenvalue weighted by molar-refractivity contribution is 6.05. The molecule has 1 aliphatic rings. The number of nitrogens with zero attached hydrogens (tertiary/aromatic N) is 1. The molecule has 3 heteroatoms. The number of likely N-dealkylation sites (tertiary alicyclic amines) is 1. The molecule has 1 saturated heterocycles. The van der Waals surface area contributed by atoms with Crippen LogP contribution in [0, 0.1) is 0 Å². The van der Waals surface area contributed by atoms with E-state index in [2.05, 4.69) is 0 Å². The fourth-order valence-corrected chi connectivity index (χ4v) is 2.59. The van der Waals surface area contributed by atoms with E-state index in [9.17, 15) is 9.59 Å². The van der Waals surface area contributed by atoms with E-state index >= 15 is 0 Å². The number of imide groups is 1. The summed E-state index contributed by atoms with van der Waals surface area (Å²) < 4.78 is 0. The SMILES string of the molecule is O=C1C[C@@H](c2ccccc2)CN1C(=O)c1ccccc1. The maximum atomic E-state index is 12.3. The summed E-state index contributed by atoms with van der Waals surface area (Å²) >= 11 is 0. The molecule has 1 fully saturated rings. The number of carbonyl (C=O) groups is 2. The van der Waals surface area contributed by atoms with Crippen molar-refractivity contribution in [3.05, 3.63) is 71.8 Å². The summed E-state index contributed by atoms with van der Waals surface area (Å²) in [4.78, 5) is 25.8. The topological polar surface area (TPSA) is 37.4 Å². The highest BCUT2D eigenvalue weighted by Gasteiger charge is 2.34. The van der Waals surface area contributed by atoms with E-state index in [4.69, 9.17) is 0 Å². The molecule has 1 aliphatic heterocycles. The third-order valence-corrected chi connectivity index (χ3v) is 3.66. The van der Waals surface area contributed by atoms with E-state index in [1.54, 1.807) is 12.1 Å². The van der Waals surface area contributed by atoms with Crippen LogP contribution in [-0.4, -0.2) is 23.3 Å². The Bertz CT molecular complexity index is 622.